The zero-order valence-electron chi connectivity index (χ0n) is 17.5. The van der Waals surface area contributed by atoms with Crippen LogP contribution < -0.4 is 4.90 Å². The average Bonchev–Trinajstić information content (AvgIpc) is 3.41. The van der Waals surface area contributed by atoms with Crippen LogP contribution >= 0.6 is 11.3 Å². The second-order valence-corrected chi connectivity index (χ2v) is 10.2. The second kappa shape index (κ2) is 7.74. The molecule has 0 bridgehead atoms. The van der Waals surface area contributed by atoms with E-state index in [1.807, 2.05) is 0 Å². The average molecular weight is 447 g/mol. The molecule has 8 heteroatoms. The number of likely N-dealkylation sites (tertiary alicyclic amines) is 1. The number of aryl methyl sites for hydroxylation is 1. The fourth-order valence-electron chi connectivity index (χ4n) is 4.99. The molecule has 5 rings (SSSR count). The summed E-state index contributed by atoms with van der Waals surface area (Å²) in [6, 6.07) is 10.4. The molecule has 2 fully saturated rings. The Morgan fingerprint density at radius 2 is 1.84 bits per heavy atom. The Kier molecular flexibility index (Phi) is 5.17. The van der Waals surface area contributed by atoms with E-state index in [1.54, 1.807) is 6.07 Å². The molecule has 0 aliphatic carbocycles. The molecule has 1 aromatic carbocycles. The van der Waals surface area contributed by atoms with Gasteiger partial charge in [-0.05, 0) is 37.9 Å². The lowest BCUT2D eigenvalue weighted by Crippen LogP contribution is -2.31. The number of aromatic nitrogens is 2. The first-order valence-electron chi connectivity index (χ1n) is 10.6. The zero-order chi connectivity index (χ0) is 21.6. The number of anilines is 1. The molecule has 2 aliphatic rings. The van der Waals surface area contributed by atoms with E-state index in [-0.39, 0.29) is 5.41 Å². The van der Waals surface area contributed by atoms with Gasteiger partial charge in [0.05, 0.1) is 11.8 Å². The van der Waals surface area contributed by atoms with Crippen LogP contribution in [0.5, 0.6) is 0 Å². The smallest absolute Gasteiger partial charge is 0.355 e. The minimum atomic E-state index is -4.21. The Morgan fingerprint density at radius 1 is 1.06 bits per heavy atom. The summed E-state index contributed by atoms with van der Waals surface area (Å²) in [5, 5.41) is 0.748. The Balaban J connectivity index is 1.30. The van der Waals surface area contributed by atoms with Crippen molar-refractivity contribution in [3.8, 4) is 0 Å². The van der Waals surface area contributed by atoms with Crippen molar-refractivity contribution in [2.75, 3.05) is 31.1 Å². The standard InChI is InChI=1S/C23H25F3N4S/c1-16-2-4-17(5-3-16)12-29-8-6-22(13-29)7-9-30(14-22)20-19-10-18(11-23(24,25)26)31-21(19)28-15-27-20/h2-5,10,15H,6-9,11-14H2,1H3/t22-/m1/s1. The van der Waals surface area contributed by atoms with Crippen LogP contribution in [0, 0.1) is 12.3 Å². The van der Waals surface area contributed by atoms with Crippen molar-refractivity contribution in [1.29, 1.82) is 0 Å². The van der Waals surface area contributed by atoms with Crippen LogP contribution in [0.4, 0.5) is 19.0 Å². The lowest BCUT2D eigenvalue weighted by molar-refractivity contribution is -0.126. The van der Waals surface area contributed by atoms with E-state index in [1.165, 1.54) is 17.5 Å². The van der Waals surface area contributed by atoms with E-state index in [0.29, 0.717) is 9.71 Å². The molecule has 0 radical (unpaired) electrons. The molecule has 2 aliphatic heterocycles. The topological polar surface area (TPSA) is 32.3 Å². The van der Waals surface area contributed by atoms with Crippen molar-refractivity contribution in [2.24, 2.45) is 5.41 Å². The molecule has 4 nitrogen and oxygen atoms in total. The van der Waals surface area contributed by atoms with Gasteiger partial charge in [0.15, 0.2) is 0 Å². The van der Waals surface area contributed by atoms with Crippen LogP contribution in [-0.4, -0.2) is 47.2 Å². The third-order valence-corrected chi connectivity index (χ3v) is 7.56. The number of thiophene rings is 1. The Hall–Kier alpha value is -2.19. The van der Waals surface area contributed by atoms with E-state index in [9.17, 15) is 13.2 Å². The zero-order valence-corrected chi connectivity index (χ0v) is 18.3. The highest BCUT2D eigenvalue weighted by Gasteiger charge is 2.44. The molecule has 31 heavy (non-hydrogen) atoms. The number of nitrogens with zero attached hydrogens (tertiary/aromatic N) is 4. The molecule has 1 atom stereocenters. The van der Waals surface area contributed by atoms with Gasteiger partial charge >= 0.3 is 6.18 Å². The maximum Gasteiger partial charge on any atom is 0.393 e. The Labute approximate surface area is 183 Å². The van der Waals surface area contributed by atoms with Gasteiger partial charge in [0.1, 0.15) is 17.0 Å². The number of hydrogen-bond acceptors (Lipinski definition) is 5. The first-order valence-corrected chi connectivity index (χ1v) is 11.4. The molecule has 1 spiro atoms. The summed E-state index contributed by atoms with van der Waals surface area (Å²) in [5.74, 6) is 0.781. The van der Waals surface area contributed by atoms with Crippen LogP contribution in [0.15, 0.2) is 36.7 Å². The van der Waals surface area contributed by atoms with E-state index in [2.05, 4.69) is 51.0 Å². The monoisotopic (exact) mass is 446 g/mol. The fourth-order valence-corrected chi connectivity index (χ4v) is 6.01. The number of halogens is 3. The molecule has 0 amide bonds. The largest absolute Gasteiger partial charge is 0.393 e. The SMILES string of the molecule is Cc1ccc(CN2CC[C@@]3(CCN(c4ncnc5sc(CC(F)(F)F)cc45)C3)C2)cc1. The molecule has 0 saturated carbocycles. The summed E-state index contributed by atoms with van der Waals surface area (Å²) in [5.41, 5.74) is 2.84. The minimum Gasteiger partial charge on any atom is -0.355 e. The predicted octanol–water partition coefficient (Wildman–Crippen LogP) is 5.21. The number of rotatable bonds is 4. The number of hydrogen-bond donors (Lipinski definition) is 0. The van der Waals surface area contributed by atoms with E-state index >= 15 is 0 Å². The van der Waals surface area contributed by atoms with Gasteiger partial charge < -0.3 is 4.90 Å². The Morgan fingerprint density at radius 3 is 2.61 bits per heavy atom. The van der Waals surface area contributed by atoms with Gasteiger partial charge in [-0.25, -0.2) is 9.97 Å². The van der Waals surface area contributed by atoms with Crippen molar-refractivity contribution in [3.63, 3.8) is 0 Å². The van der Waals surface area contributed by atoms with Gasteiger partial charge in [-0.2, -0.15) is 13.2 Å². The summed E-state index contributed by atoms with van der Waals surface area (Å²) in [7, 11) is 0. The second-order valence-electron chi connectivity index (χ2n) is 9.04. The van der Waals surface area contributed by atoms with Crippen LogP contribution in [-0.2, 0) is 13.0 Å². The van der Waals surface area contributed by atoms with Crippen molar-refractivity contribution >= 4 is 27.4 Å². The highest BCUT2D eigenvalue weighted by molar-refractivity contribution is 7.18. The maximum atomic E-state index is 12.8. The van der Waals surface area contributed by atoms with Gasteiger partial charge in [-0.1, -0.05) is 29.8 Å². The highest BCUT2D eigenvalue weighted by Crippen LogP contribution is 2.43. The summed E-state index contributed by atoms with van der Waals surface area (Å²) < 4.78 is 38.5. The van der Waals surface area contributed by atoms with Crippen LogP contribution in [0.1, 0.15) is 28.8 Å². The molecule has 0 unspecified atom stereocenters. The van der Waals surface area contributed by atoms with Crippen LogP contribution in [0.3, 0.4) is 0 Å². The van der Waals surface area contributed by atoms with E-state index in [4.69, 9.17) is 0 Å². The van der Waals surface area contributed by atoms with Crippen LogP contribution in [0.2, 0.25) is 0 Å². The van der Waals surface area contributed by atoms with Gasteiger partial charge in [0.2, 0.25) is 0 Å². The van der Waals surface area contributed by atoms with Crippen molar-refractivity contribution in [2.45, 2.75) is 38.9 Å². The van der Waals surface area contributed by atoms with Gasteiger partial charge in [0.25, 0.3) is 0 Å². The lowest BCUT2D eigenvalue weighted by Gasteiger charge is -2.25. The normalized spacial score (nSPS) is 22.3. The molecule has 164 valence electrons. The van der Waals surface area contributed by atoms with Gasteiger partial charge in [-0.3, -0.25) is 4.90 Å². The summed E-state index contributed by atoms with van der Waals surface area (Å²) >= 11 is 1.12. The van der Waals surface area contributed by atoms with Crippen molar-refractivity contribution in [3.05, 3.63) is 52.7 Å². The molecule has 2 saturated heterocycles. The summed E-state index contributed by atoms with van der Waals surface area (Å²) in [6.07, 6.45) is -1.41. The third-order valence-electron chi connectivity index (χ3n) is 6.52. The molecule has 3 aromatic rings. The van der Waals surface area contributed by atoms with Crippen molar-refractivity contribution < 1.29 is 13.2 Å². The Bertz CT molecular complexity index is 1080. The quantitative estimate of drug-likeness (QED) is 0.551. The molecule has 4 heterocycles. The maximum absolute atomic E-state index is 12.8. The van der Waals surface area contributed by atoms with Crippen LogP contribution in [0.25, 0.3) is 10.2 Å². The molecule has 2 aromatic heterocycles. The molecular weight excluding hydrogens is 421 g/mol. The minimum absolute atomic E-state index is 0.229. The molecule has 0 N–H and O–H groups in total. The number of alkyl halides is 3. The first-order chi connectivity index (χ1) is 14.8. The fraction of sp³-hybridized carbons (Fsp3) is 0.478. The van der Waals surface area contributed by atoms with Crippen molar-refractivity contribution in [1.82, 2.24) is 14.9 Å². The third kappa shape index (κ3) is 4.41. The molecular formula is C23H25F3N4S. The summed E-state index contributed by atoms with van der Waals surface area (Å²) in [4.78, 5) is 14.4. The van der Waals surface area contributed by atoms with E-state index < -0.39 is 12.6 Å². The lowest BCUT2D eigenvalue weighted by atomic mass is 9.86. The van der Waals surface area contributed by atoms with Gasteiger partial charge in [-0.15, -0.1) is 11.3 Å². The van der Waals surface area contributed by atoms with E-state index in [0.717, 1.165) is 68.1 Å². The predicted molar refractivity (Wildman–Crippen MR) is 118 cm³/mol. The van der Waals surface area contributed by atoms with Gasteiger partial charge in [0, 0.05) is 36.5 Å². The summed E-state index contributed by atoms with van der Waals surface area (Å²) in [6.45, 7) is 6.98. The number of benzene rings is 1. The highest BCUT2D eigenvalue weighted by atomic mass is 32.1. The first kappa shape index (κ1) is 20.7. The number of fused-ring (bicyclic) bond motifs is 1.